The van der Waals surface area contributed by atoms with Gasteiger partial charge in [0.1, 0.15) is 23.9 Å². The number of amides is 1. The number of alkyl halides is 3. The molecule has 0 saturated heterocycles. The van der Waals surface area contributed by atoms with E-state index in [0.717, 1.165) is 0 Å². The number of carbonyl (C=O) groups excluding carboxylic acids is 1. The molecular weight excluding hydrogens is 323 g/mol. The Morgan fingerprint density at radius 3 is 2.38 bits per heavy atom. The lowest BCUT2D eigenvalue weighted by atomic mass is 10.1. The van der Waals surface area contributed by atoms with E-state index < -0.39 is 17.7 Å². The molecule has 0 spiro atoms. The van der Waals surface area contributed by atoms with E-state index in [1.807, 2.05) is 0 Å². The summed E-state index contributed by atoms with van der Waals surface area (Å²) in [7, 11) is 0. The topological polar surface area (TPSA) is 104 Å². The van der Waals surface area contributed by atoms with Gasteiger partial charge < -0.3 is 10.2 Å². The van der Waals surface area contributed by atoms with Crippen molar-refractivity contribution in [2.45, 2.75) is 12.6 Å². The minimum atomic E-state index is -4.95. The van der Waals surface area contributed by atoms with Gasteiger partial charge in [-0.3, -0.25) is 4.79 Å². The van der Waals surface area contributed by atoms with E-state index in [-0.39, 0.29) is 24.4 Å². The Bertz CT molecular complexity index is 836. The van der Waals surface area contributed by atoms with Crippen LogP contribution in [0.2, 0.25) is 0 Å². The number of allylic oxidation sites excluding steroid dienone is 2. The van der Waals surface area contributed by atoms with E-state index >= 15 is 0 Å². The van der Waals surface area contributed by atoms with Gasteiger partial charge in [0.25, 0.3) is 0 Å². The molecule has 2 rings (SSSR count). The van der Waals surface area contributed by atoms with Gasteiger partial charge in [-0.2, -0.15) is 29.0 Å². The highest BCUT2D eigenvalue weighted by atomic mass is 19.4. The van der Waals surface area contributed by atoms with Crippen LogP contribution >= 0.6 is 0 Å². The van der Waals surface area contributed by atoms with Crippen LogP contribution in [0.25, 0.3) is 0 Å². The summed E-state index contributed by atoms with van der Waals surface area (Å²) in [5, 5.41) is 29.1. The number of rotatable bonds is 2. The van der Waals surface area contributed by atoms with Crippen LogP contribution in [0.15, 0.2) is 29.5 Å². The van der Waals surface area contributed by atoms with Gasteiger partial charge in [0, 0.05) is 17.9 Å². The van der Waals surface area contributed by atoms with Crippen molar-refractivity contribution in [2.75, 3.05) is 16.8 Å². The quantitative estimate of drug-likeness (QED) is 0.838. The van der Waals surface area contributed by atoms with Crippen molar-refractivity contribution in [3.63, 3.8) is 0 Å². The van der Waals surface area contributed by atoms with Crippen molar-refractivity contribution < 1.29 is 18.0 Å². The third-order valence-corrected chi connectivity index (χ3v) is 3.32. The number of nitriles is 3. The van der Waals surface area contributed by atoms with Crippen LogP contribution in [-0.4, -0.2) is 18.6 Å². The second kappa shape index (κ2) is 6.31. The number of nitrogens with zero attached hydrogens (tertiary/aromatic N) is 4. The van der Waals surface area contributed by atoms with Crippen molar-refractivity contribution in [3.05, 3.63) is 35.0 Å². The lowest BCUT2D eigenvalue weighted by Gasteiger charge is -2.19. The molecule has 0 aromatic heterocycles. The van der Waals surface area contributed by atoms with E-state index in [4.69, 9.17) is 15.8 Å². The first kappa shape index (κ1) is 16.9. The van der Waals surface area contributed by atoms with E-state index in [1.54, 1.807) is 18.2 Å². The summed E-state index contributed by atoms with van der Waals surface area (Å²) >= 11 is 0. The molecule has 24 heavy (non-hydrogen) atoms. The van der Waals surface area contributed by atoms with Gasteiger partial charge in [-0.1, -0.05) is 0 Å². The Kier molecular flexibility index (Phi) is 4.43. The number of fused-ring (bicyclic) bond motifs is 1. The minimum absolute atomic E-state index is 0.0975. The van der Waals surface area contributed by atoms with Gasteiger partial charge in [0.15, 0.2) is 5.57 Å². The van der Waals surface area contributed by atoms with E-state index in [0.29, 0.717) is 16.2 Å². The van der Waals surface area contributed by atoms with E-state index in [9.17, 15) is 18.0 Å². The zero-order valence-electron chi connectivity index (χ0n) is 12.0. The predicted molar refractivity (Wildman–Crippen MR) is 76.0 cm³/mol. The molecule has 1 aromatic rings. The number of halogens is 3. The van der Waals surface area contributed by atoms with Crippen LogP contribution in [0.1, 0.15) is 5.56 Å². The standard InChI is InChI=1S/C15H8F3N5O/c16-15(17,18)14(24)23-4-3-9-5-11(1-2-13(9)23)22-12(8-21)10(6-19)7-20/h1-2,5,22H,3-4H2. The molecule has 0 aliphatic carbocycles. The monoisotopic (exact) mass is 331 g/mol. The fourth-order valence-electron chi connectivity index (χ4n) is 2.27. The normalized spacial score (nSPS) is 12.4. The molecule has 0 radical (unpaired) electrons. The number of benzene rings is 1. The summed E-state index contributed by atoms with van der Waals surface area (Å²) in [5.74, 6) is -1.93. The molecule has 0 saturated carbocycles. The minimum Gasteiger partial charge on any atom is -0.345 e. The highest BCUT2D eigenvalue weighted by molar-refractivity contribution is 5.99. The van der Waals surface area contributed by atoms with Gasteiger partial charge in [-0.05, 0) is 30.2 Å². The lowest BCUT2D eigenvalue weighted by Crippen LogP contribution is -2.40. The first-order valence-corrected chi connectivity index (χ1v) is 6.55. The van der Waals surface area contributed by atoms with Gasteiger partial charge in [-0.25, -0.2) is 0 Å². The number of hydrogen-bond donors (Lipinski definition) is 1. The first-order chi connectivity index (χ1) is 11.3. The molecule has 1 aromatic carbocycles. The fraction of sp³-hybridized carbons (Fsp3) is 0.200. The molecule has 0 fully saturated rings. The zero-order valence-corrected chi connectivity index (χ0v) is 12.0. The van der Waals surface area contributed by atoms with Crippen LogP contribution in [0, 0.1) is 34.0 Å². The van der Waals surface area contributed by atoms with Crippen molar-refractivity contribution in [2.24, 2.45) is 0 Å². The Morgan fingerprint density at radius 2 is 1.83 bits per heavy atom. The Hall–Kier alpha value is -3.51. The van der Waals surface area contributed by atoms with E-state index in [1.165, 1.54) is 18.2 Å². The van der Waals surface area contributed by atoms with Crippen molar-refractivity contribution in [1.82, 2.24) is 0 Å². The second-order valence-electron chi connectivity index (χ2n) is 4.76. The summed E-state index contributed by atoms with van der Waals surface area (Å²) in [6.07, 6.45) is -4.73. The molecule has 9 heteroatoms. The SMILES string of the molecule is N#CC(C#N)=C(C#N)Nc1ccc2c(c1)CCN2C(=O)C(F)(F)F. The molecule has 1 heterocycles. The summed E-state index contributed by atoms with van der Waals surface area (Å²) in [4.78, 5) is 12.0. The third kappa shape index (κ3) is 3.13. The molecule has 0 unspecified atom stereocenters. The maximum Gasteiger partial charge on any atom is 0.471 e. The Balaban J connectivity index is 2.31. The maximum atomic E-state index is 12.6. The molecule has 1 N–H and O–H groups in total. The van der Waals surface area contributed by atoms with Crippen LogP contribution < -0.4 is 10.2 Å². The van der Waals surface area contributed by atoms with Crippen LogP contribution in [0.3, 0.4) is 0 Å². The molecule has 1 aliphatic rings. The number of anilines is 2. The number of carbonyl (C=O) groups is 1. The smallest absolute Gasteiger partial charge is 0.345 e. The predicted octanol–water partition coefficient (Wildman–Crippen LogP) is 2.37. The molecular formula is C15H8F3N5O. The number of hydrogen-bond acceptors (Lipinski definition) is 5. The number of nitrogens with one attached hydrogen (secondary N) is 1. The largest absolute Gasteiger partial charge is 0.471 e. The summed E-state index contributed by atoms with van der Waals surface area (Å²) < 4.78 is 37.7. The van der Waals surface area contributed by atoms with Gasteiger partial charge >= 0.3 is 12.1 Å². The maximum absolute atomic E-state index is 12.6. The van der Waals surface area contributed by atoms with Crippen molar-refractivity contribution >= 4 is 17.3 Å². The zero-order chi connectivity index (χ0) is 17.9. The van der Waals surface area contributed by atoms with Gasteiger partial charge in [0.2, 0.25) is 0 Å². The van der Waals surface area contributed by atoms with Crippen molar-refractivity contribution in [3.8, 4) is 18.2 Å². The average Bonchev–Trinajstić information content (AvgIpc) is 2.96. The van der Waals surface area contributed by atoms with Crippen LogP contribution in [0.5, 0.6) is 0 Å². The second-order valence-corrected chi connectivity index (χ2v) is 4.76. The average molecular weight is 331 g/mol. The highest BCUT2D eigenvalue weighted by Gasteiger charge is 2.44. The molecule has 0 bridgehead atoms. The molecule has 6 nitrogen and oxygen atoms in total. The lowest BCUT2D eigenvalue weighted by molar-refractivity contribution is -0.170. The van der Waals surface area contributed by atoms with E-state index in [2.05, 4.69) is 5.32 Å². The fourth-order valence-corrected chi connectivity index (χ4v) is 2.27. The van der Waals surface area contributed by atoms with Gasteiger partial charge in [0.05, 0.1) is 0 Å². The summed E-state index contributed by atoms with van der Waals surface area (Å²) in [6, 6.07) is 8.98. The highest BCUT2D eigenvalue weighted by Crippen LogP contribution is 2.33. The molecule has 1 amide bonds. The first-order valence-electron chi connectivity index (χ1n) is 6.55. The van der Waals surface area contributed by atoms with Crippen LogP contribution in [-0.2, 0) is 11.2 Å². The third-order valence-electron chi connectivity index (χ3n) is 3.32. The van der Waals surface area contributed by atoms with Crippen molar-refractivity contribution in [1.29, 1.82) is 15.8 Å². The Labute approximate surface area is 134 Å². The molecule has 0 atom stereocenters. The van der Waals surface area contributed by atoms with Crippen LogP contribution in [0.4, 0.5) is 24.5 Å². The summed E-state index contributed by atoms with van der Waals surface area (Å²) in [5.41, 5.74) is 0.291. The molecule has 1 aliphatic heterocycles. The Morgan fingerprint density at radius 1 is 1.17 bits per heavy atom. The summed E-state index contributed by atoms with van der Waals surface area (Å²) in [6.45, 7) is -0.0975. The van der Waals surface area contributed by atoms with Gasteiger partial charge in [-0.15, -0.1) is 0 Å². The molecule has 120 valence electrons.